The van der Waals surface area contributed by atoms with Gasteiger partial charge in [0.2, 0.25) is 5.96 Å². The Morgan fingerprint density at radius 2 is 1.89 bits per heavy atom. The highest BCUT2D eigenvalue weighted by atomic mass is 16.6. The van der Waals surface area contributed by atoms with Crippen molar-refractivity contribution in [3.63, 3.8) is 0 Å². The van der Waals surface area contributed by atoms with E-state index in [0.29, 0.717) is 16.7 Å². The third-order valence-corrected chi connectivity index (χ3v) is 5.35. The minimum Gasteiger partial charge on any atom is -0.493 e. The van der Waals surface area contributed by atoms with Crippen molar-refractivity contribution in [2.24, 2.45) is 4.99 Å². The SMILES string of the molecule is COc1cc(C2N=C(NC#N)Nc3nc(N)c(C#N)c(N)c32)ccc1OC(=O)c1ccc(C)cc1. The smallest absolute Gasteiger partial charge is 0.343 e. The van der Waals surface area contributed by atoms with Crippen molar-refractivity contribution >= 4 is 29.3 Å². The second kappa shape index (κ2) is 9.29. The third-order valence-electron chi connectivity index (χ3n) is 5.35. The Balaban J connectivity index is 1.75. The van der Waals surface area contributed by atoms with Gasteiger partial charge in [-0.15, -0.1) is 0 Å². The number of hydrogen-bond acceptors (Lipinski definition) is 11. The lowest BCUT2D eigenvalue weighted by atomic mass is 9.95. The number of anilines is 3. The van der Waals surface area contributed by atoms with Crippen LogP contribution in [0.2, 0.25) is 0 Å². The van der Waals surface area contributed by atoms with Crippen molar-refractivity contribution in [3.05, 3.63) is 70.3 Å². The molecule has 1 aromatic heterocycles. The Morgan fingerprint density at radius 3 is 2.54 bits per heavy atom. The number of hydrogen-bond donors (Lipinski definition) is 4. The van der Waals surface area contributed by atoms with Crippen LogP contribution in [0.3, 0.4) is 0 Å². The summed E-state index contributed by atoms with van der Waals surface area (Å²) in [5, 5.41) is 23.8. The van der Waals surface area contributed by atoms with E-state index < -0.39 is 12.0 Å². The second-order valence-electron chi connectivity index (χ2n) is 7.57. The highest BCUT2D eigenvalue weighted by Crippen LogP contribution is 2.42. The molecule has 1 aliphatic heterocycles. The molecule has 0 amide bonds. The van der Waals surface area contributed by atoms with E-state index in [4.69, 9.17) is 26.2 Å². The molecule has 174 valence electrons. The van der Waals surface area contributed by atoms with Crippen LogP contribution in [0.15, 0.2) is 47.5 Å². The molecule has 1 aliphatic rings. The summed E-state index contributed by atoms with van der Waals surface area (Å²) in [6.45, 7) is 1.92. The lowest BCUT2D eigenvalue weighted by molar-refractivity contribution is 0.0729. The molecule has 0 bridgehead atoms. The third kappa shape index (κ3) is 4.34. The molecule has 4 rings (SSSR count). The van der Waals surface area contributed by atoms with Gasteiger partial charge in [-0.2, -0.15) is 10.5 Å². The molecule has 0 saturated carbocycles. The van der Waals surface area contributed by atoms with E-state index in [-0.39, 0.29) is 40.3 Å². The van der Waals surface area contributed by atoms with Crippen molar-refractivity contribution < 1.29 is 14.3 Å². The number of methoxy groups -OCH3 is 1. The van der Waals surface area contributed by atoms with Gasteiger partial charge in [0.1, 0.15) is 29.3 Å². The Hall–Kier alpha value is -5.29. The number of nitrogens with two attached hydrogens (primary N) is 2. The molecule has 0 radical (unpaired) electrons. The Morgan fingerprint density at radius 1 is 1.14 bits per heavy atom. The minimum absolute atomic E-state index is 0.0260. The van der Waals surface area contributed by atoms with Crippen molar-refractivity contribution in [2.75, 3.05) is 23.9 Å². The zero-order valence-corrected chi connectivity index (χ0v) is 18.8. The van der Waals surface area contributed by atoms with Crippen LogP contribution in [-0.4, -0.2) is 24.0 Å². The zero-order valence-electron chi connectivity index (χ0n) is 18.8. The number of carbonyl (C=O) groups excluding carboxylic acids is 1. The first-order valence-corrected chi connectivity index (χ1v) is 10.3. The Kier molecular flexibility index (Phi) is 6.08. The lowest BCUT2D eigenvalue weighted by Gasteiger charge is -2.26. The largest absolute Gasteiger partial charge is 0.493 e. The van der Waals surface area contributed by atoms with Gasteiger partial charge in [-0.3, -0.25) is 5.32 Å². The van der Waals surface area contributed by atoms with Gasteiger partial charge in [-0.1, -0.05) is 23.8 Å². The fourth-order valence-electron chi connectivity index (χ4n) is 3.61. The number of esters is 1. The van der Waals surface area contributed by atoms with Crippen molar-refractivity contribution in [2.45, 2.75) is 13.0 Å². The van der Waals surface area contributed by atoms with Crippen molar-refractivity contribution in [1.82, 2.24) is 10.3 Å². The first-order chi connectivity index (χ1) is 16.9. The van der Waals surface area contributed by atoms with E-state index in [1.165, 1.54) is 7.11 Å². The highest BCUT2D eigenvalue weighted by Gasteiger charge is 2.30. The predicted octanol–water partition coefficient (Wildman–Crippen LogP) is 2.60. The van der Waals surface area contributed by atoms with Crippen molar-refractivity contribution in [1.29, 1.82) is 10.5 Å². The summed E-state index contributed by atoms with van der Waals surface area (Å²) < 4.78 is 11.0. The van der Waals surface area contributed by atoms with E-state index in [9.17, 15) is 10.1 Å². The number of nitriles is 2. The molecule has 11 nitrogen and oxygen atoms in total. The quantitative estimate of drug-likeness (QED) is 0.192. The van der Waals surface area contributed by atoms with Crippen LogP contribution in [-0.2, 0) is 0 Å². The molecular weight excluding hydrogens is 448 g/mol. The first-order valence-electron chi connectivity index (χ1n) is 10.3. The minimum atomic E-state index is -0.766. The molecule has 11 heteroatoms. The van der Waals surface area contributed by atoms with E-state index in [1.54, 1.807) is 36.5 Å². The number of aliphatic imine (C=N–C) groups is 1. The normalized spacial score (nSPS) is 13.8. The molecule has 0 saturated heterocycles. The maximum atomic E-state index is 12.6. The number of guanidine groups is 1. The summed E-state index contributed by atoms with van der Waals surface area (Å²) in [5.74, 6) is 0.265. The number of benzene rings is 2. The van der Waals surface area contributed by atoms with E-state index in [0.717, 1.165) is 5.56 Å². The molecule has 3 aromatic rings. The van der Waals surface area contributed by atoms with Crippen molar-refractivity contribution in [3.8, 4) is 23.8 Å². The predicted molar refractivity (Wildman–Crippen MR) is 129 cm³/mol. The summed E-state index contributed by atoms with van der Waals surface area (Å²) in [5.41, 5.74) is 14.7. The molecule has 2 heterocycles. The van der Waals surface area contributed by atoms with Crippen LogP contribution < -0.4 is 31.6 Å². The lowest BCUT2D eigenvalue weighted by Crippen LogP contribution is -2.32. The molecule has 0 aliphatic carbocycles. The first kappa shape index (κ1) is 22.9. The molecule has 1 unspecified atom stereocenters. The summed E-state index contributed by atoms with van der Waals surface area (Å²) in [7, 11) is 1.44. The molecule has 0 fully saturated rings. The van der Waals surface area contributed by atoms with Crippen LogP contribution in [0, 0.1) is 29.7 Å². The van der Waals surface area contributed by atoms with E-state index >= 15 is 0 Å². The summed E-state index contributed by atoms with van der Waals surface area (Å²) >= 11 is 0. The molecule has 1 atom stereocenters. The number of nitrogen functional groups attached to an aromatic ring is 2. The van der Waals surface area contributed by atoms with E-state index in [1.807, 2.05) is 25.1 Å². The molecule has 35 heavy (non-hydrogen) atoms. The maximum absolute atomic E-state index is 12.6. The van der Waals surface area contributed by atoms with Gasteiger partial charge in [0.05, 0.1) is 18.4 Å². The molecule has 6 N–H and O–H groups in total. The molecule has 2 aromatic carbocycles. The van der Waals surface area contributed by atoms with Crippen LogP contribution >= 0.6 is 0 Å². The van der Waals surface area contributed by atoms with Gasteiger partial charge >= 0.3 is 5.97 Å². The topological polar surface area (TPSA) is 184 Å². The molecule has 0 spiro atoms. The van der Waals surface area contributed by atoms with Crippen LogP contribution in [0.5, 0.6) is 11.5 Å². The molecular formula is C24H20N8O3. The van der Waals surface area contributed by atoms with Crippen LogP contribution in [0.25, 0.3) is 0 Å². The van der Waals surface area contributed by atoms with Gasteiger partial charge < -0.3 is 26.3 Å². The number of carbonyl (C=O) groups is 1. The zero-order chi connectivity index (χ0) is 25.1. The number of aryl methyl sites for hydroxylation is 1. The second-order valence-corrected chi connectivity index (χ2v) is 7.57. The summed E-state index contributed by atoms with van der Waals surface area (Å²) in [6, 6.07) is 13.1. The van der Waals surface area contributed by atoms with Gasteiger partial charge in [0.25, 0.3) is 0 Å². The Bertz CT molecular complexity index is 1440. The van der Waals surface area contributed by atoms with E-state index in [2.05, 4.69) is 20.6 Å². The van der Waals surface area contributed by atoms with Gasteiger partial charge in [0.15, 0.2) is 17.7 Å². The summed E-state index contributed by atoms with van der Waals surface area (Å²) in [4.78, 5) is 21.3. The van der Waals surface area contributed by atoms with Gasteiger partial charge in [-0.05, 0) is 36.8 Å². The summed E-state index contributed by atoms with van der Waals surface area (Å²) in [6.07, 6.45) is 1.80. The monoisotopic (exact) mass is 468 g/mol. The fourth-order valence-corrected chi connectivity index (χ4v) is 3.61. The van der Waals surface area contributed by atoms with Gasteiger partial charge in [-0.25, -0.2) is 14.8 Å². The van der Waals surface area contributed by atoms with Gasteiger partial charge in [0, 0.05) is 5.56 Å². The number of nitrogens with one attached hydrogen (secondary N) is 2. The number of rotatable bonds is 4. The maximum Gasteiger partial charge on any atom is 0.343 e. The number of pyridine rings is 1. The average Bonchev–Trinajstić information content (AvgIpc) is 2.84. The van der Waals surface area contributed by atoms with Crippen LogP contribution in [0.1, 0.15) is 38.7 Å². The average molecular weight is 468 g/mol. The fraction of sp³-hybridized carbons (Fsp3) is 0.125. The highest BCUT2D eigenvalue weighted by molar-refractivity contribution is 5.98. The Labute approximate surface area is 200 Å². The standard InChI is InChI=1S/C24H20N8O3/c1-12-3-5-13(6-4-12)23(33)35-16-8-7-14(9-17(16)34-2)20-18-19(27)15(10-25)21(28)31-22(18)32-24(30-20)29-11-26/h3-9,20H,1-2H3,(H6,27,28,29,30,31,32). The number of aromatic nitrogens is 1. The number of ether oxygens (including phenoxy) is 2. The number of nitrogens with zero attached hydrogens (tertiary/aromatic N) is 4. The van der Waals surface area contributed by atoms with Crippen LogP contribution in [0.4, 0.5) is 17.3 Å². The number of fused-ring (bicyclic) bond motifs is 1.